The Bertz CT molecular complexity index is 1040. The van der Waals surface area contributed by atoms with E-state index in [0.717, 1.165) is 0 Å². The number of rotatable bonds is 8. The second kappa shape index (κ2) is 10.3. The topological polar surface area (TPSA) is 86.3 Å². The van der Waals surface area contributed by atoms with Crippen molar-refractivity contribution in [2.45, 2.75) is 13.0 Å². The molecule has 1 heterocycles. The number of nitrogens with one attached hydrogen (secondary N) is 1. The Balaban J connectivity index is 2.13. The number of likely N-dealkylation sites (N-methyl/N-ethyl adjacent to an activating group) is 1. The van der Waals surface area contributed by atoms with Crippen molar-refractivity contribution in [3.8, 4) is 17.2 Å². The normalized spacial score (nSPS) is 15.8. The molecule has 170 valence electrons. The fourth-order valence-corrected chi connectivity index (χ4v) is 3.65. The number of carbonyl (C=O) groups is 2. The van der Waals surface area contributed by atoms with Crippen molar-refractivity contribution >= 4 is 23.6 Å². The number of para-hydroxylation sites is 2. The molecule has 1 N–H and O–H groups in total. The van der Waals surface area contributed by atoms with Crippen molar-refractivity contribution in [2.75, 3.05) is 34.5 Å². The van der Waals surface area contributed by atoms with E-state index in [1.807, 2.05) is 0 Å². The van der Waals surface area contributed by atoms with Crippen molar-refractivity contribution in [1.29, 1.82) is 0 Å². The van der Waals surface area contributed by atoms with Gasteiger partial charge >= 0.3 is 12.0 Å². The standard InChI is InChI=1S/C23H25ClN2O6/c1-5-31-22(27)19-16(13-32-17-11-7-6-10-15(17)24)26(2)23(28)25-20(19)14-9-8-12-18(29-3)21(14)30-4/h6-12,20H,5,13H2,1-4H3,(H,25,28)/t20-/m1/s1. The Morgan fingerprint density at radius 1 is 1.09 bits per heavy atom. The van der Waals surface area contributed by atoms with E-state index in [4.69, 9.17) is 30.5 Å². The van der Waals surface area contributed by atoms with Crippen molar-refractivity contribution in [3.63, 3.8) is 0 Å². The Morgan fingerprint density at radius 3 is 2.47 bits per heavy atom. The van der Waals surface area contributed by atoms with Crippen LogP contribution in [0.5, 0.6) is 17.2 Å². The van der Waals surface area contributed by atoms with Crippen LogP contribution in [0.15, 0.2) is 53.7 Å². The zero-order valence-corrected chi connectivity index (χ0v) is 19.1. The molecule has 9 heteroatoms. The zero-order chi connectivity index (χ0) is 23.3. The fraction of sp³-hybridized carbons (Fsp3) is 0.304. The molecule has 2 amide bonds. The quantitative estimate of drug-likeness (QED) is 0.600. The molecule has 2 aromatic rings. The monoisotopic (exact) mass is 460 g/mol. The first-order valence-corrected chi connectivity index (χ1v) is 10.3. The molecule has 0 aromatic heterocycles. The molecule has 0 saturated heterocycles. The summed E-state index contributed by atoms with van der Waals surface area (Å²) in [5, 5.41) is 3.26. The van der Waals surface area contributed by atoms with Gasteiger partial charge in [0.15, 0.2) is 11.5 Å². The number of methoxy groups -OCH3 is 2. The van der Waals surface area contributed by atoms with Crippen molar-refractivity contribution < 1.29 is 28.5 Å². The number of ether oxygens (including phenoxy) is 4. The van der Waals surface area contributed by atoms with E-state index in [2.05, 4.69) is 5.32 Å². The van der Waals surface area contributed by atoms with Gasteiger partial charge < -0.3 is 24.3 Å². The third-order valence-electron chi connectivity index (χ3n) is 5.02. The molecule has 0 saturated carbocycles. The maximum atomic E-state index is 13.1. The van der Waals surface area contributed by atoms with Gasteiger partial charge in [0.1, 0.15) is 12.4 Å². The van der Waals surface area contributed by atoms with Gasteiger partial charge in [-0.1, -0.05) is 35.9 Å². The van der Waals surface area contributed by atoms with Crippen molar-refractivity contribution in [1.82, 2.24) is 10.2 Å². The fourth-order valence-electron chi connectivity index (χ4n) is 3.46. The number of carbonyl (C=O) groups excluding carboxylic acids is 2. The average Bonchev–Trinajstić information content (AvgIpc) is 2.80. The lowest BCUT2D eigenvalue weighted by Gasteiger charge is -2.35. The van der Waals surface area contributed by atoms with Crippen LogP contribution in [-0.2, 0) is 9.53 Å². The highest BCUT2D eigenvalue weighted by Crippen LogP contribution is 2.40. The highest BCUT2D eigenvalue weighted by Gasteiger charge is 2.38. The van der Waals surface area contributed by atoms with Gasteiger partial charge in [-0.15, -0.1) is 0 Å². The van der Waals surface area contributed by atoms with Gasteiger partial charge in [0.05, 0.1) is 43.2 Å². The summed E-state index contributed by atoms with van der Waals surface area (Å²) >= 11 is 6.20. The zero-order valence-electron chi connectivity index (χ0n) is 18.3. The van der Waals surface area contributed by atoms with Crippen LogP contribution < -0.4 is 19.5 Å². The van der Waals surface area contributed by atoms with E-state index in [0.29, 0.717) is 33.5 Å². The maximum Gasteiger partial charge on any atom is 0.338 e. The molecule has 8 nitrogen and oxygen atoms in total. The molecule has 3 rings (SSSR count). The van der Waals surface area contributed by atoms with Crippen LogP contribution in [0.1, 0.15) is 18.5 Å². The van der Waals surface area contributed by atoms with Gasteiger partial charge in [-0.3, -0.25) is 4.90 Å². The first-order chi connectivity index (χ1) is 15.4. The molecule has 1 atom stereocenters. The maximum absolute atomic E-state index is 13.1. The lowest BCUT2D eigenvalue weighted by Crippen LogP contribution is -2.48. The largest absolute Gasteiger partial charge is 0.493 e. The number of hydrogen-bond acceptors (Lipinski definition) is 6. The van der Waals surface area contributed by atoms with E-state index in [1.54, 1.807) is 56.4 Å². The van der Waals surface area contributed by atoms with Crippen molar-refractivity contribution in [3.05, 3.63) is 64.3 Å². The van der Waals surface area contributed by atoms with Crippen molar-refractivity contribution in [2.24, 2.45) is 0 Å². The molecular formula is C23H25ClN2O6. The summed E-state index contributed by atoms with van der Waals surface area (Å²) in [6.45, 7) is 1.80. The second-order valence-corrected chi connectivity index (χ2v) is 7.23. The Labute approximate surface area is 191 Å². The van der Waals surface area contributed by atoms with Crippen LogP contribution in [0.3, 0.4) is 0 Å². The molecule has 1 aliphatic rings. The SMILES string of the molecule is CCOC(=O)C1=C(COc2ccccc2Cl)N(C)C(=O)N[C@@H]1c1cccc(OC)c1OC. The number of hydrogen-bond donors (Lipinski definition) is 1. The number of urea groups is 1. The number of esters is 1. The molecule has 0 radical (unpaired) electrons. The number of benzene rings is 2. The summed E-state index contributed by atoms with van der Waals surface area (Å²) in [4.78, 5) is 27.2. The molecule has 0 unspecified atom stereocenters. The molecule has 0 aliphatic carbocycles. The van der Waals surface area contributed by atoms with Crippen LogP contribution >= 0.6 is 11.6 Å². The minimum Gasteiger partial charge on any atom is -0.493 e. The minimum absolute atomic E-state index is 0.0788. The average molecular weight is 461 g/mol. The second-order valence-electron chi connectivity index (χ2n) is 6.82. The van der Waals surface area contributed by atoms with E-state index in [-0.39, 0.29) is 18.8 Å². The van der Waals surface area contributed by atoms with Gasteiger partial charge in [0.25, 0.3) is 0 Å². The molecule has 0 fully saturated rings. The van der Waals surface area contributed by atoms with E-state index < -0.39 is 18.0 Å². The Hall–Kier alpha value is -3.39. The third kappa shape index (κ3) is 4.60. The molecule has 32 heavy (non-hydrogen) atoms. The molecule has 0 bridgehead atoms. The van der Waals surface area contributed by atoms with Gasteiger partial charge in [-0.25, -0.2) is 9.59 Å². The third-order valence-corrected chi connectivity index (χ3v) is 5.33. The summed E-state index contributed by atoms with van der Waals surface area (Å²) in [7, 11) is 4.56. The number of nitrogens with zero attached hydrogens (tertiary/aromatic N) is 1. The van der Waals surface area contributed by atoms with E-state index in [1.165, 1.54) is 19.1 Å². The first kappa shape index (κ1) is 23.3. The predicted molar refractivity (Wildman–Crippen MR) is 119 cm³/mol. The Morgan fingerprint density at radius 2 is 1.81 bits per heavy atom. The van der Waals surface area contributed by atoms with Crippen LogP contribution in [0, 0.1) is 0 Å². The predicted octanol–water partition coefficient (Wildman–Crippen LogP) is 3.95. The molecule has 1 aliphatic heterocycles. The van der Waals surface area contributed by atoms with Crippen LogP contribution in [-0.4, -0.2) is 51.4 Å². The van der Waals surface area contributed by atoms with Crippen LogP contribution in [0.4, 0.5) is 4.79 Å². The van der Waals surface area contributed by atoms with Gasteiger partial charge in [-0.05, 0) is 25.1 Å². The van der Waals surface area contributed by atoms with E-state index in [9.17, 15) is 9.59 Å². The van der Waals surface area contributed by atoms with Gasteiger partial charge in [0, 0.05) is 12.6 Å². The lowest BCUT2D eigenvalue weighted by atomic mass is 9.93. The number of amides is 2. The summed E-state index contributed by atoms with van der Waals surface area (Å²) < 4.78 is 22.1. The van der Waals surface area contributed by atoms with Crippen LogP contribution in [0.25, 0.3) is 0 Å². The summed E-state index contributed by atoms with van der Waals surface area (Å²) in [5.41, 5.74) is 1.13. The molecule has 2 aromatic carbocycles. The smallest absolute Gasteiger partial charge is 0.338 e. The Kier molecular flexibility index (Phi) is 7.48. The lowest BCUT2D eigenvalue weighted by molar-refractivity contribution is -0.139. The van der Waals surface area contributed by atoms with Gasteiger partial charge in [-0.2, -0.15) is 0 Å². The highest BCUT2D eigenvalue weighted by molar-refractivity contribution is 6.32. The van der Waals surface area contributed by atoms with E-state index >= 15 is 0 Å². The first-order valence-electron chi connectivity index (χ1n) is 9.95. The molecular weight excluding hydrogens is 436 g/mol. The minimum atomic E-state index is -0.840. The molecule has 0 spiro atoms. The summed E-state index contributed by atoms with van der Waals surface area (Å²) in [5.74, 6) is 0.722. The summed E-state index contributed by atoms with van der Waals surface area (Å²) in [6, 6.07) is 10.9. The number of halogens is 1. The van der Waals surface area contributed by atoms with Crippen LogP contribution in [0.2, 0.25) is 5.02 Å². The summed E-state index contributed by atoms with van der Waals surface area (Å²) in [6.07, 6.45) is 0. The van der Waals surface area contributed by atoms with Gasteiger partial charge in [0.2, 0.25) is 0 Å². The highest BCUT2D eigenvalue weighted by atomic mass is 35.5.